The van der Waals surface area contributed by atoms with E-state index < -0.39 is 0 Å². The van der Waals surface area contributed by atoms with Crippen molar-refractivity contribution in [3.05, 3.63) is 0 Å². The molecule has 0 saturated heterocycles. The van der Waals surface area contributed by atoms with Crippen molar-refractivity contribution in [2.75, 3.05) is 32.7 Å². The number of hydrogen-bond donors (Lipinski definition) is 1. The highest BCUT2D eigenvalue weighted by molar-refractivity contribution is 4.64. The minimum absolute atomic E-state index is 0.772. The molecule has 2 nitrogen and oxygen atoms in total. The summed E-state index contributed by atoms with van der Waals surface area (Å²) in [6.07, 6.45) is 5.31. The van der Waals surface area contributed by atoms with E-state index in [4.69, 9.17) is 0 Å². The molecular weight excluding hydrogens is 196 g/mol. The highest BCUT2D eigenvalue weighted by atomic mass is 15.1. The van der Waals surface area contributed by atoms with E-state index in [2.05, 4.69) is 37.9 Å². The Kier molecular flexibility index (Phi) is 11.3. The van der Waals surface area contributed by atoms with Gasteiger partial charge in [-0.1, -0.05) is 40.5 Å². The summed E-state index contributed by atoms with van der Waals surface area (Å²) < 4.78 is 0. The first-order chi connectivity index (χ1) is 7.74. The second-order valence-electron chi connectivity index (χ2n) is 4.92. The molecule has 0 aliphatic heterocycles. The molecule has 0 aromatic rings. The van der Waals surface area contributed by atoms with E-state index in [0.717, 1.165) is 19.0 Å². The largest absolute Gasteiger partial charge is 0.317 e. The van der Waals surface area contributed by atoms with Crippen molar-refractivity contribution < 1.29 is 0 Å². The van der Waals surface area contributed by atoms with Gasteiger partial charge in [-0.25, -0.2) is 0 Å². The molecule has 1 unspecified atom stereocenters. The Bertz CT molecular complexity index is 129. The van der Waals surface area contributed by atoms with E-state index in [1.165, 1.54) is 45.3 Å². The minimum Gasteiger partial charge on any atom is -0.317 e. The van der Waals surface area contributed by atoms with Gasteiger partial charge in [-0.05, 0) is 44.9 Å². The van der Waals surface area contributed by atoms with Crippen LogP contribution in [0.4, 0.5) is 0 Å². The molecule has 0 saturated carbocycles. The van der Waals surface area contributed by atoms with E-state index in [0.29, 0.717) is 0 Å². The summed E-state index contributed by atoms with van der Waals surface area (Å²) in [7, 11) is 0. The van der Waals surface area contributed by atoms with Crippen LogP contribution in [-0.2, 0) is 0 Å². The van der Waals surface area contributed by atoms with E-state index in [1.54, 1.807) is 0 Å². The number of hydrogen-bond acceptors (Lipinski definition) is 2. The van der Waals surface area contributed by atoms with Crippen LogP contribution in [0.15, 0.2) is 0 Å². The second kappa shape index (κ2) is 11.4. The van der Waals surface area contributed by atoms with Crippen LogP contribution in [0, 0.1) is 5.92 Å². The third-order valence-corrected chi connectivity index (χ3v) is 2.97. The Morgan fingerprint density at radius 3 is 2.00 bits per heavy atom. The fourth-order valence-electron chi connectivity index (χ4n) is 1.95. The maximum atomic E-state index is 3.44. The SMILES string of the molecule is CCCCN(CCCC)CC(C)CNCC. The van der Waals surface area contributed by atoms with Crippen molar-refractivity contribution >= 4 is 0 Å². The zero-order valence-electron chi connectivity index (χ0n) is 11.9. The molecule has 2 heteroatoms. The summed E-state index contributed by atoms with van der Waals surface area (Å²) in [4.78, 5) is 2.65. The fraction of sp³-hybridized carbons (Fsp3) is 1.00. The molecule has 0 spiro atoms. The number of nitrogens with one attached hydrogen (secondary N) is 1. The zero-order chi connectivity index (χ0) is 12.2. The van der Waals surface area contributed by atoms with Crippen molar-refractivity contribution in [1.82, 2.24) is 10.2 Å². The molecule has 0 aliphatic carbocycles. The smallest absolute Gasteiger partial charge is 0.00191 e. The van der Waals surface area contributed by atoms with Crippen LogP contribution >= 0.6 is 0 Å². The van der Waals surface area contributed by atoms with Crippen LogP contribution in [0.3, 0.4) is 0 Å². The molecule has 0 aliphatic rings. The summed E-state index contributed by atoms with van der Waals surface area (Å²) in [5.41, 5.74) is 0. The Hall–Kier alpha value is -0.0800. The number of rotatable bonds is 11. The van der Waals surface area contributed by atoms with Crippen LogP contribution < -0.4 is 5.32 Å². The first kappa shape index (κ1) is 15.9. The van der Waals surface area contributed by atoms with Gasteiger partial charge in [0.15, 0.2) is 0 Å². The summed E-state index contributed by atoms with van der Waals surface area (Å²) >= 11 is 0. The summed E-state index contributed by atoms with van der Waals surface area (Å²) in [5, 5.41) is 3.44. The molecule has 0 radical (unpaired) electrons. The van der Waals surface area contributed by atoms with Gasteiger partial charge in [0, 0.05) is 6.54 Å². The van der Waals surface area contributed by atoms with E-state index >= 15 is 0 Å². The molecule has 1 atom stereocenters. The lowest BCUT2D eigenvalue weighted by Gasteiger charge is -2.25. The third-order valence-electron chi connectivity index (χ3n) is 2.97. The fourth-order valence-corrected chi connectivity index (χ4v) is 1.95. The second-order valence-corrected chi connectivity index (χ2v) is 4.92. The highest BCUT2D eigenvalue weighted by Gasteiger charge is 2.08. The maximum Gasteiger partial charge on any atom is 0.00191 e. The van der Waals surface area contributed by atoms with E-state index in [1.807, 2.05) is 0 Å². The van der Waals surface area contributed by atoms with Crippen LogP contribution in [0.2, 0.25) is 0 Å². The van der Waals surface area contributed by atoms with Gasteiger partial charge in [-0.15, -0.1) is 0 Å². The first-order valence-corrected chi connectivity index (χ1v) is 7.17. The molecule has 0 rings (SSSR count). The topological polar surface area (TPSA) is 15.3 Å². The van der Waals surface area contributed by atoms with Crippen molar-refractivity contribution in [3.63, 3.8) is 0 Å². The summed E-state index contributed by atoms with van der Waals surface area (Å²) in [6, 6.07) is 0. The van der Waals surface area contributed by atoms with Crippen LogP contribution in [0.5, 0.6) is 0 Å². The van der Waals surface area contributed by atoms with Gasteiger partial charge < -0.3 is 10.2 Å². The molecule has 0 aromatic heterocycles. The Labute approximate surface area is 103 Å². The standard InChI is InChI=1S/C14H32N2/c1-5-8-10-16(11-9-6-2)13-14(4)12-15-7-3/h14-15H,5-13H2,1-4H3. The Morgan fingerprint density at radius 1 is 1.00 bits per heavy atom. The quantitative estimate of drug-likeness (QED) is 0.584. The summed E-state index contributed by atoms with van der Waals surface area (Å²) in [6.45, 7) is 15.2. The lowest BCUT2D eigenvalue weighted by atomic mass is 10.1. The van der Waals surface area contributed by atoms with Crippen molar-refractivity contribution in [1.29, 1.82) is 0 Å². The Morgan fingerprint density at radius 2 is 1.56 bits per heavy atom. The average molecular weight is 228 g/mol. The lowest BCUT2D eigenvalue weighted by molar-refractivity contribution is 0.228. The molecule has 98 valence electrons. The molecule has 0 aromatic carbocycles. The predicted octanol–water partition coefficient (Wildman–Crippen LogP) is 3.13. The summed E-state index contributed by atoms with van der Waals surface area (Å²) in [5.74, 6) is 0.772. The number of unbranched alkanes of at least 4 members (excludes halogenated alkanes) is 2. The molecule has 16 heavy (non-hydrogen) atoms. The normalized spacial score (nSPS) is 13.3. The Balaban J connectivity index is 3.78. The van der Waals surface area contributed by atoms with Gasteiger partial charge in [-0.3, -0.25) is 0 Å². The van der Waals surface area contributed by atoms with E-state index in [9.17, 15) is 0 Å². The van der Waals surface area contributed by atoms with Gasteiger partial charge in [-0.2, -0.15) is 0 Å². The van der Waals surface area contributed by atoms with Gasteiger partial charge in [0.05, 0.1) is 0 Å². The monoisotopic (exact) mass is 228 g/mol. The predicted molar refractivity (Wildman–Crippen MR) is 74.0 cm³/mol. The van der Waals surface area contributed by atoms with Crippen LogP contribution in [-0.4, -0.2) is 37.6 Å². The average Bonchev–Trinajstić information content (AvgIpc) is 2.30. The van der Waals surface area contributed by atoms with Gasteiger partial charge >= 0.3 is 0 Å². The van der Waals surface area contributed by atoms with Crippen molar-refractivity contribution in [2.45, 2.75) is 53.4 Å². The highest BCUT2D eigenvalue weighted by Crippen LogP contribution is 2.04. The van der Waals surface area contributed by atoms with Crippen LogP contribution in [0.1, 0.15) is 53.4 Å². The third kappa shape index (κ3) is 9.17. The first-order valence-electron chi connectivity index (χ1n) is 7.17. The molecule has 1 N–H and O–H groups in total. The van der Waals surface area contributed by atoms with Crippen molar-refractivity contribution in [3.8, 4) is 0 Å². The van der Waals surface area contributed by atoms with E-state index in [-0.39, 0.29) is 0 Å². The minimum atomic E-state index is 0.772. The van der Waals surface area contributed by atoms with Crippen molar-refractivity contribution in [2.24, 2.45) is 5.92 Å². The number of nitrogens with zero attached hydrogens (tertiary/aromatic N) is 1. The molecule has 0 bridgehead atoms. The maximum absolute atomic E-state index is 3.44. The lowest BCUT2D eigenvalue weighted by Crippen LogP contribution is -2.34. The van der Waals surface area contributed by atoms with Gasteiger partial charge in [0.1, 0.15) is 0 Å². The van der Waals surface area contributed by atoms with Gasteiger partial charge in [0.2, 0.25) is 0 Å². The zero-order valence-corrected chi connectivity index (χ0v) is 11.9. The van der Waals surface area contributed by atoms with Crippen LogP contribution in [0.25, 0.3) is 0 Å². The molecule has 0 fully saturated rings. The molecule has 0 amide bonds. The van der Waals surface area contributed by atoms with Gasteiger partial charge in [0.25, 0.3) is 0 Å². The molecular formula is C14H32N2. The molecule has 0 heterocycles.